The van der Waals surface area contributed by atoms with Crippen LogP contribution in [0.2, 0.25) is 19.6 Å². The fourth-order valence-corrected chi connectivity index (χ4v) is 3.08. The average Bonchev–Trinajstić information content (AvgIpc) is 2.14. The molecule has 0 aliphatic heterocycles. The van der Waals surface area contributed by atoms with Crippen molar-refractivity contribution in [3.05, 3.63) is 35.9 Å². The Morgan fingerprint density at radius 3 is 2.43 bits per heavy atom. The molecule has 0 saturated heterocycles. The van der Waals surface area contributed by atoms with E-state index in [2.05, 4.69) is 31.8 Å². The van der Waals surface area contributed by atoms with Crippen LogP contribution in [0.4, 0.5) is 0 Å². The number of rotatable bonds is 3. The van der Waals surface area contributed by atoms with E-state index in [-0.39, 0.29) is 0 Å². The second-order valence-corrected chi connectivity index (χ2v) is 9.33. The molecule has 1 nitrogen and oxygen atoms in total. The van der Waals surface area contributed by atoms with Crippen molar-refractivity contribution >= 4 is 25.6 Å². The second kappa shape index (κ2) is 4.38. The van der Waals surface area contributed by atoms with E-state index in [1.54, 1.807) is 6.29 Å². The van der Waals surface area contributed by atoms with E-state index < -0.39 is 8.07 Å². The van der Waals surface area contributed by atoms with Crippen molar-refractivity contribution in [1.82, 2.24) is 0 Å². The van der Waals surface area contributed by atoms with Crippen LogP contribution < -0.4 is 5.19 Å². The first-order valence-electron chi connectivity index (χ1n) is 4.69. The highest BCUT2D eigenvalue weighted by molar-refractivity contribution is 6.89. The molecule has 2 heteroatoms. The maximum Gasteiger partial charge on any atom is 0.225 e. The van der Waals surface area contributed by atoms with E-state index in [0.717, 1.165) is 5.56 Å². The first-order chi connectivity index (χ1) is 6.55. The van der Waals surface area contributed by atoms with Gasteiger partial charge in [-0.3, -0.25) is 4.79 Å². The monoisotopic (exact) mass is 203 g/mol. The topological polar surface area (TPSA) is 17.1 Å². The van der Waals surface area contributed by atoms with Crippen molar-refractivity contribution in [2.24, 2.45) is 0 Å². The van der Waals surface area contributed by atoms with Crippen molar-refractivity contribution < 1.29 is 4.79 Å². The minimum atomic E-state index is -1.31. The molecule has 0 fully saturated rings. The zero-order chi connectivity index (χ0) is 10.6. The van der Waals surface area contributed by atoms with Gasteiger partial charge in [-0.25, -0.2) is 0 Å². The van der Waals surface area contributed by atoms with Crippen LogP contribution in [0, 0.1) is 0 Å². The van der Waals surface area contributed by atoms with E-state index in [0.29, 0.717) is 0 Å². The van der Waals surface area contributed by atoms with Gasteiger partial charge in [-0.2, -0.15) is 0 Å². The number of carbonyl (C=O) groups excluding carboxylic acids is 1. The number of allylic oxidation sites excluding steroid dienone is 1. The molecular formula is C12H15OSi. The molecular weight excluding hydrogens is 188 g/mol. The van der Waals surface area contributed by atoms with Crippen LogP contribution in [-0.4, -0.2) is 14.4 Å². The summed E-state index contributed by atoms with van der Waals surface area (Å²) in [7, 11) is -1.31. The average molecular weight is 203 g/mol. The van der Waals surface area contributed by atoms with Crippen LogP contribution in [-0.2, 0) is 4.79 Å². The molecule has 0 heterocycles. The fourth-order valence-electron chi connectivity index (χ4n) is 1.45. The Balaban J connectivity index is 3.16. The standard InChI is InChI=1S/C12H15OSi/c1-14(2,3)12-9-5-4-7-11(12)8-6-10-13/h4-9H,1-3H3. The summed E-state index contributed by atoms with van der Waals surface area (Å²) in [6, 6.07) is 8.24. The predicted octanol–water partition coefficient (Wildman–Crippen LogP) is 2.35. The highest BCUT2D eigenvalue weighted by atomic mass is 28.3. The molecule has 1 rings (SSSR count). The molecule has 73 valence electrons. The lowest BCUT2D eigenvalue weighted by Gasteiger charge is -2.19. The zero-order valence-corrected chi connectivity index (χ0v) is 9.87. The quantitative estimate of drug-likeness (QED) is 0.544. The van der Waals surface area contributed by atoms with Gasteiger partial charge >= 0.3 is 0 Å². The fraction of sp³-hybridized carbons (Fsp3) is 0.250. The first kappa shape index (κ1) is 10.9. The van der Waals surface area contributed by atoms with Crippen LogP contribution >= 0.6 is 0 Å². The molecule has 0 aliphatic carbocycles. The summed E-state index contributed by atoms with van der Waals surface area (Å²) in [6.07, 6.45) is 5.04. The largest absolute Gasteiger partial charge is 0.286 e. The molecule has 0 unspecified atom stereocenters. The van der Waals surface area contributed by atoms with Crippen molar-refractivity contribution in [2.45, 2.75) is 19.6 Å². The van der Waals surface area contributed by atoms with Gasteiger partial charge in [-0.05, 0) is 11.6 Å². The van der Waals surface area contributed by atoms with Crippen molar-refractivity contribution in [3.8, 4) is 0 Å². The molecule has 0 aromatic heterocycles. The maximum atomic E-state index is 10.1. The molecule has 1 aromatic carbocycles. The Morgan fingerprint density at radius 2 is 1.86 bits per heavy atom. The molecule has 0 amide bonds. The Kier molecular flexibility index (Phi) is 3.41. The van der Waals surface area contributed by atoms with Gasteiger partial charge < -0.3 is 0 Å². The van der Waals surface area contributed by atoms with E-state index in [4.69, 9.17) is 0 Å². The zero-order valence-electron chi connectivity index (χ0n) is 8.87. The van der Waals surface area contributed by atoms with Crippen LogP contribution in [0.25, 0.3) is 6.08 Å². The van der Waals surface area contributed by atoms with Gasteiger partial charge in [0.05, 0.1) is 8.07 Å². The SMILES string of the molecule is C[Si](C)(C)c1ccccc1C=C[C]=O. The lowest BCUT2D eigenvalue weighted by atomic mass is 10.2. The van der Waals surface area contributed by atoms with Gasteiger partial charge in [0.25, 0.3) is 0 Å². The Morgan fingerprint density at radius 1 is 1.21 bits per heavy atom. The molecule has 0 saturated carbocycles. The van der Waals surface area contributed by atoms with E-state index in [9.17, 15) is 4.79 Å². The molecule has 0 bridgehead atoms. The van der Waals surface area contributed by atoms with Crippen LogP contribution in [0.3, 0.4) is 0 Å². The summed E-state index contributed by atoms with van der Waals surface area (Å²) in [5, 5.41) is 1.38. The second-order valence-electron chi connectivity index (χ2n) is 4.29. The number of hydrogen-bond donors (Lipinski definition) is 0. The third kappa shape index (κ3) is 2.67. The Labute approximate surface area is 86.5 Å². The van der Waals surface area contributed by atoms with Crippen molar-refractivity contribution in [2.75, 3.05) is 0 Å². The van der Waals surface area contributed by atoms with Crippen molar-refractivity contribution in [3.63, 3.8) is 0 Å². The van der Waals surface area contributed by atoms with Gasteiger partial charge in [-0.1, -0.05) is 55.2 Å². The minimum Gasteiger partial charge on any atom is -0.286 e. The first-order valence-corrected chi connectivity index (χ1v) is 8.19. The van der Waals surface area contributed by atoms with Gasteiger partial charge in [0.1, 0.15) is 0 Å². The van der Waals surface area contributed by atoms with Gasteiger partial charge in [0.2, 0.25) is 6.29 Å². The molecule has 0 spiro atoms. The molecule has 0 aliphatic rings. The normalized spacial score (nSPS) is 11.9. The van der Waals surface area contributed by atoms with Crippen LogP contribution in [0.5, 0.6) is 0 Å². The van der Waals surface area contributed by atoms with Gasteiger partial charge in [-0.15, -0.1) is 0 Å². The molecule has 1 aromatic rings. The van der Waals surface area contributed by atoms with Crippen LogP contribution in [0.1, 0.15) is 5.56 Å². The highest BCUT2D eigenvalue weighted by Crippen LogP contribution is 2.08. The lowest BCUT2D eigenvalue weighted by Crippen LogP contribution is -2.39. The summed E-state index contributed by atoms with van der Waals surface area (Å²) in [4.78, 5) is 10.1. The number of benzene rings is 1. The summed E-state index contributed by atoms with van der Waals surface area (Å²) >= 11 is 0. The molecule has 1 radical (unpaired) electrons. The third-order valence-corrected chi connectivity index (χ3v) is 4.17. The lowest BCUT2D eigenvalue weighted by molar-refractivity contribution is 0.564. The maximum absolute atomic E-state index is 10.1. The van der Waals surface area contributed by atoms with E-state index in [1.165, 1.54) is 11.3 Å². The smallest absolute Gasteiger partial charge is 0.225 e. The Hall–Kier alpha value is -1.15. The summed E-state index contributed by atoms with van der Waals surface area (Å²) in [5.74, 6) is 0. The van der Waals surface area contributed by atoms with Crippen LogP contribution in [0.15, 0.2) is 30.3 Å². The molecule has 0 N–H and O–H groups in total. The molecule has 14 heavy (non-hydrogen) atoms. The van der Waals surface area contributed by atoms with Gasteiger partial charge in [0.15, 0.2) is 0 Å². The predicted molar refractivity (Wildman–Crippen MR) is 64.1 cm³/mol. The number of hydrogen-bond acceptors (Lipinski definition) is 1. The van der Waals surface area contributed by atoms with E-state index in [1.807, 2.05) is 18.2 Å². The van der Waals surface area contributed by atoms with Crippen molar-refractivity contribution in [1.29, 1.82) is 0 Å². The minimum absolute atomic E-state index is 1.15. The highest BCUT2D eigenvalue weighted by Gasteiger charge is 2.18. The Bertz CT molecular complexity index is 348. The summed E-state index contributed by atoms with van der Waals surface area (Å²) < 4.78 is 0. The third-order valence-electron chi connectivity index (χ3n) is 2.10. The molecule has 0 atom stereocenters. The van der Waals surface area contributed by atoms with Gasteiger partial charge in [0, 0.05) is 0 Å². The summed E-state index contributed by atoms with van der Waals surface area (Å²) in [5.41, 5.74) is 1.15. The summed E-state index contributed by atoms with van der Waals surface area (Å²) in [6.45, 7) is 6.89. The van der Waals surface area contributed by atoms with E-state index >= 15 is 0 Å².